The second-order valence-corrected chi connectivity index (χ2v) is 8.12. The second-order valence-electron chi connectivity index (χ2n) is 8.12. The van der Waals surface area contributed by atoms with E-state index >= 15 is 0 Å². The van der Waals surface area contributed by atoms with E-state index in [-0.39, 0.29) is 29.5 Å². The number of hydrogen-bond acceptors (Lipinski definition) is 4. The van der Waals surface area contributed by atoms with Gasteiger partial charge in [0, 0.05) is 14.1 Å². The van der Waals surface area contributed by atoms with Crippen LogP contribution in [0.4, 0.5) is 13.2 Å². The standard InChI is InChI=1S/C25H19F3N4O3/c1-30-21-20(22(33)31(2)24(30)34)32(14-16-9-5-8-15-7-3-4-12-19(15)16)23(29-21)35-18-11-6-10-17(13-18)25(26,27)28/h3-13H,14H2,1-2H3. The number of hydrogen-bond donors (Lipinski definition) is 0. The van der Waals surface area contributed by atoms with E-state index in [1.54, 1.807) is 0 Å². The normalized spacial score (nSPS) is 11.9. The van der Waals surface area contributed by atoms with Crippen molar-refractivity contribution in [3.8, 4) is 11.8 Å². The minimum Gasteiger partial charge on any atom is -0.425 e. The molecule has 5 rings (SSSR count). The highest BCUT2D eigenvalue weighted by Crippen LogP contribution is 2.33. The molecule has 2 aromatic heterocycles. The van der Waals surface area contributed by atoms with Gasteiger partial charge in [-0.05, 0) is 34.5 Å². The zero-order valence-corrected chi connectivity index (χ0v) is 18.7. The molecule has 0 fully saturated rings. The topological polar surface area (TPSA) is 71.1 Å². The van der Waals surface area contributed by atoms with Gasteiger partial charge in [0.2, 0.25) is 0 Å². The van der Waals surface area contributed by atoms with Crippen LogP contribution in [0.5, 0.6) is 11.8 Å². The summed E-state index contributed by atoms with van der Waals surface area (Å²) in [7, 11) is 2.82. The Hall–Kier alpha value is -4.34. The van der Waals surface area contributed by atoms with Gasteiger partial charge in [0.15, 0.2) is 11.2 Å². The van der Waals surface area contributed by atoms with Crippen LogP contribution in [0.3, 0.4) is 0 Å². The van der Waals surface area contributed by atoms with Crippen molar-refractivity contribution in [2.45, 2.75) is 12.7 Å². The molecule has 0 bridgehead atoms. The summed E-state index contributed by atoms with van der Waals surface area (Å²) < 4.78 is 49.1. The minimum atomic E-state index is -4.55. The molecular weight excluding hydrogens is 461 g/mol. The molecule has 5 aromatic rings. The van der Waals surface area contributed by atoms with E-state index in [1.807, 2.05) is 42.5 Å². The molecule has 0 saturated heterocycles. The Balaban J connectivity index is 1.73. The van der Waals surface area contributed by atoms with Crippen LogP contribution < -0.4 is 16.0 Å². The van der Waals surface area contributed by atoms with Gasteiger partial charge in [0.05, 0.1) is 12.1 Å². The van der Waals surface area contributed by atoms with Gasteiger partial charge in [-0.25, -0.2) is 4.79 Å². The fourth-order valence-electron chi connectivity index (χ4n) is 4.09. The summed E-state index contributed by atoms with van der Waals surface area (Å²) in [6, 6.07) is 17.7. The van der Waals surface area contributed by atoms with Gasteiger partial charge < -0.3 is 4.74 Å². The van der Waals surface area contributed by atoms with Crippen molar-refractivity contribution >= 4 is 21.9 Å². The molecule has 2 heterocycles. The van der Waals surface area contributed by atoms with Gasteiger partial charge >= 0.3 is 17.9 Å². The Morgan fingerprint density at radius 2 is 1.63 bits per heavy atom. The Bertz CT molecular complexity index is 1710. The number of benzene rings is 3. The quantitative estimate of drug-likeness (QED) is 0.381. The van der Waals surface area contributed by atoms with Crippen LogP contribution in [0.25, 0.3) is 21.9 Å². The van der Waals surface area contributed by atoms with E-state index in [2.05, 4.69) is 4.98 Å². The number of aryl methyl sites for hydroxylation is 1. The third kappa shape index (κ3) is 3.86. The van der Waals surface area contributed by atoms with Crippen LogP contribution in [0.1, 0.15) is 11.1 Å². The molecule has 0 radical (unpaired) electrons. The van der Waals surface area contributed by atoms with Gasteiger partial charge in [-0.3, -0.25) is 18.5 Å². The lowest BCUT2D eigenvalue weighted by molar-refractivity contribution is -0.137. The van der Waals surface area contributed by atoms with E-state index in [4.69, 9.17) is 4.74 Å². The predicted octanol–water partition coefficient (Wildman–Crippen LogP) is 4.45. The number of halogens is 3. The SMILES string of the molecule is Cn1c(=O)c2c(nc(Oc3cccc(C(F)(F)F)c3)n2Cc2cccc3ccccc23)n(C)c1=O. The van der Waals surface area contributed by atoms with Crippen LogP contribution in [0.15, 0.2) is 76.3 Å². The summed E-state index contributed by atoms with van der Waals surface area (Å²) in [6.45, 7) is 0.138. The summed E-state index contributed by atoms with van der Waals surface area (Å²) in [4.78, 5) is 29.9. The van der Waals surface area contributed by atoms with Gasteiger partial charge in [0.25, 0.3) is 5.56 Å². The van der Waals surface area contributed by atoms with Gasteiger partial charge in [-0.15, -0.1) is 0 Å². The zero-order chi connectivity index (χ0) is 24.9. The zero-order valence-electron chi connectivity index (χ0n) is 18.7. The molecule has 0 amide bonds. The largest absolute Gasteiger partial charge is 0.425 e. The highest BCUT2D eigenvalue weighted by Gasteiger charge is 2.31. The molecule has 0 saturated carbocycles. The monoisotopic (exact) mass is 480 g/mol. The maximum absolute atomic E-state index is 13.2. The summed E-state index contributed by atoms with van der Waals surface area (Å²) in [5.74, 6) is -0.101. The molecule has 3 aromatic carbocycles. The highest BCUT2D eigenvalue weighted by atomic mass is 19.4. The van der Waals surface area contributed by atoms with E-state index in [0.717, 1.165) is 33.0 Å². The van der Waals surface area contributed by atoms with Crippen molar-refractivity contribution < 1.29 is 17.9 Å². The number of fused-ring (bicyclic) bond motifs is 2. The van der Waals surface area contributed by atoms with Crippen molar-refractivity contribution in [1.29, 1.82) is 0 Å². The third-order valence-electron chi connectivity index (χ3n) is 5.89. The summed E-state index contributed by atoms with van der Waals surface area (Å²) >= 11 is 0. The average Bonchev–Trinajstić information content (AvgIpc) is 3.19. The third-order valence-corrected chi connectivity index (χ3v) is 5.89. The molecular formula is C25H19F3N4O3. The summed E-state index contributed by atoms with van der Waals surface area (Å²) in [5.41, 5.74) is -1.04. The number of imidazole rings is 1. The summed E-state index contributed by atoms with van der Waals surface area (Å²) in [6.07, 6.45) is -4.55. The Kier molecular flexibility index (Phi) is 5.23. The lowest BCUT2D eigenvalue weighted by Crippen LogP contribution is -2.37. The number of nitrogens with zero attached hydrogens (tertiary/aromatic N) is 4. The minimum absolute atomic E-state index is 0.0697. The van der Waals surface area contributed by atoms with Crippen LogP contribution in [-0.4, -0.2) is 18.7 Å². The first-order valence-corrected chi connectivity index (χ1v) is 10.6. The molecule has 0 N–H and O–H groups in total. The smallest absolute Gasteiger partial charge is 0.416 e. The van der Waals surface area contributed by atoms with Crippen LogP contribution in [-0.2, 0) is 26.8 Å². The highest BCUT2D eigenvalue weighted by molar-refractivity contribution is 5.86. The molecule has 0 atom stereocenters. The Labute approximate surface area is 196 Å². The molecule has 0 aliphatic heterocycles. The summed E-state index contributed by atoms with van der Waals surface area (Å²) in [5, 5.41) is 1.92. The Morgan fingerprint density at radius 1 is 0.914 bits per heavy atom. The molecule has 35 heavy (non-hydrogen) atoms. The van der Waals surface area contributed by atoms with Crippen molar-refractivity contribution in [1.82, 2.24) is 18.7 Å². The lowest BCUT2D eigenvalue weighted by atomic mass is 10.0. The van der Waals surface area contributed by atoms with Crippen molar-refractivity contribution in [3.05, 3.63) is 98.7 Å². The van der Waals surface area contributed by atoms with E-state index in [0.29, 0.717) is 0 Å². The molecule has 0 spiro atoms. The molecule has 0 aliphatic carbocycles. The van der Waals surface area contributed by atoms with Crippen LogP contribution >= 0.6 is 0 Å². The van der Waals surface area contributed by atoms with Crippen LogP contribution in [0, 0.1) is 0 Å². The van der Waals surface area contributed by atoms with Gasteiger partial charge in [-0.1, -0.05) is 48.5 Å². The van der Waals surface area contributed by atoms with Crippen LogP contribution in [0.2, 0.25) is 0 Å². The van der Waals surface area contributed by atoms with Crippen molar-refractivity contribution in [3.63, 3.8) is 0 Å². The molecule has 0 aliphatic rings. The number of alkyl halides is 3. The lowest BCUT2D eigenvalue weighted by Gasteiger charge is -2.13. The van der Waals surface area contributed by atoms with E-state index < -0.39 is 23.0 Å². The number of aromatic nitrogens is 4. The van der Waals surface area contributed by atoms with Crippen molar-refractivity contribution in [2.75, 3.05) is 0 Å². The average molecular weight is 480 g/mol. The number of ether oxygens (including phenoxy) is 1. The first kappa shape index (κ1) is 22.5. The Morgan fingerprint density at radius 3 is 2.40 bits per heavy atom. The molecule has 10 heteroatoms. The first-order valence-electron chi connectivity index (χ1n) is 10.6. The number of rotatable bonds is 4. The van der Waals surface area contributed by atoms with Gasteiger partial charge in [-0.2, -0.15) is 18.2 Å². The maximum Gasteiger partial charge on any atom is 0.416 e. The maximum atomic E-state index is 13.2. The predicted molar refractivity (Wildman–Crippen MR) is 125 cm³/mol. The fraction of sp³-hybridized carbons (Fsp3) is 0.160. The first-order chi connectivity index (χ1) is 16.6. The van der Waals surface area contributed by atoms with E-state index in [1.165, 1.54) is 35.4 Å². The van der Waals surface area contributed by atoms with E-state index in [9.17, 15) is 22.8 Å². The van der Waals surface area contributed by atoms with Crippen molar-refractivity contribution in [2.24, 2.45) is 14.1 Å². The van der Waals surface area contributed by atoms with Gasteiger partial charge in [0.1, 0.15) is 5.75 Å². The molecule has 7 nitrogen and oxygen atoms in total. The molecule has 0 unspecified atom stereocenters. The molecule has 178 valence electrons. The fourth-order valence-corrected chi connectivity index (χ4v) is 4.09. The second kappa shape index (κ2) is 8.15.